The lowest BCUT2D eigenvalue weighted by atomic mass is 9.95. The highest BCUT2D eigenvalue weighted by Crippen LogP contribution is 2.40. The first-order valence-electron chi connectivity index (χ1n) is 10.7. The Bertz CT molecular complexity index is 1200. The Kier molecular flexibility index (Phi) is 6.31. The van der Waals surface area contributed by atoms with Gasteiger partial charge in [0.25, 0.3) is 11.7 Å². The number of hydrogen-bond acceptors (Lipinski definition) is 5. The number of amides is 1. The van der Waals surface area contributed by atoms with E-state index >= 15 is 0 Å². The van der Waals surface area contributed by atoms with Crippen molar-refractivity contribution >= 4 is 17.4 Å². The van der Waals surface area contributed by atoms with E-state index in [4.69, 9.17) is 9.15 Å². The van der Waals surface area contributed by atoms with Crippen LogP contribution in [0.5, 0.6) is 5.75 Å². The highest BCUT2D eigenvalue weighted by atomic mass is 19.1. The van der Waals surface area contributed by atoms with Crippen molar-refractivity contribution in [3.8, 4) is 5.75 Å². The predicted molar refractivity (Wildman–Crippen MR) is 120 cm³/mol. The number of Topliss-reactive ketones (excluding diaryl/α,β-unsaturated/α-hetero) is 1. The molecule has 1 aliphatic rings. The molecule has 2 heterocycles. The second-order valence-corrected chi connectivity index (χ2v) is 7.89. The second kappa shape index (κ2) is 9.32. The van der Waals surface area contributed by atoms with Crippen molar-refractivity contribution < 1.29 is 28.2 Å². The monoisotopic (exact) mass is 449 g/mol. The molecule has 2 aromatic carbocycles. The molecule has 1 fully saturated rings. The van der Waals surface area contributed by atoms with Gasteiger partial charge >= 0.3 is 0 Å². The number of aryl methyl sites for hydroxylation is 1. The average molecular weight is 449 g/mol. The third-order valence-corrected chi connectivity index (χ3v) is 5.56. The summed E-state index contributed by atoms with van der Waals surface area (Å²) in [4.78, 5) is 27.4. The number of ether oxygens (including phenoxy) is 1. The number of carbonyl (C=O) groups is 2. The van der Waals surface area contributed by atoms with E-state index in [1.54, 1.807) is 43.3 Å². The Morgan fingerprint density at radius 3 is 2.55 bits per heavy atom. The van der Waals surface area contributed by atoms with Crippen LogP contribution in [0.15, 0.2) is 70.9 Å². The van der Waals surface area contributed by atoms with Crippen LogP contribution in [0.3, 0.4) is 0 Å². The number of likely N-dealkylation sites (tertiary alicyclic amines) is 1. The fraction of sp³-hybridized carbons (Fsp3) is 0.231. The summed E-state index contributed by atoms with van der Waals surface area (Å²) in [7, 11) is 0. The molecule has 1 aromatic heterocycles. The molecule has 170 valence electrons. The van der Waals surface area contributed by atoms with E-state index in [1.165, 1.54) is 23.3 Å². The SMILES string of the molecule is CCCOc1ccc([C@@H]2C(=C(O)c3ccc(C)c(F)c3)C(=O)C(=O)N2Cc2ccco2)cc1. The fourth-order valence-corrected chi connectivity index (χ4v) is 3.82. The van der Waals surface area contributed by atoms with E-state index in [1.807, 2.05) is 6.92 Å². The number of benzene rings is 2. The zero-order chi connectivity index (χ0) is 23.5. The smallest absolute Gasteiger partial charge is 0.296 e. The molecule has 7 heteroatoms. The van der Waals surface area contributed by atoms with Gasteiger partial charge in [0.15, 0.2) is 0 Å². The zero-order valence-electron chi connectivity index (χ0n) is 18.4. The molecule has 1 atom stereocenters. The molecule has 1 amide bonds. The van der Waals surface area contributed by atoms with Gasteiger partial charge in [-0.3, -0.25) is 9.59 Å². The molecule has 0 bridgehead atoms. The third kappa shape index (κ3) is 4.39. The lowest BCUT2D eigenvalue weighted by Crippen LogP contribution is -2.29. The Morgan fingerprint density at radius 1 is 1.15 bits per heavy atom. The Hall–Kier alpha value is -3.87. The summed E-state index contributed by atoms with van der Waals surface area (Å²) >= 11 is 0. The van der Waals surface area contributed by atoms with Crippen LogP contribution in [-0.2, 0) is 16.1 Å². The minimum atomic E-state index is -0.875. The molecule has 0 aliphatic carbocycles. The number of rotatable bonds is 7. The molecular weight excluding hydrogens is 425 g/mol. The van der Waals surface area contributed by atoms with Crippen LogP contribution < -0.4 is 4.74 Å². The minimum Gasteiger partial charge on any atom is -0.507 e. The van der Waals surface area contributed by atoms with Gasteiger partial charge in [-0.15, -0.1) is 0 Å². The zero-order valence-corrected chi connectivity index (χ0v) is 18.4. The lowest BCUT2D eigenvalue weighted by Gasteiger charge is -2.24. The summed E-state index contributed by atoms with van der Waals surface area (Å²) in [6, 6.07) is 13.7. The number of nitrogens with zero attached hydrogens (tertiary/aromatic N) is 1. The van der Waals surface area contributed by atoms with Crippen LogP contribution in [0.2, 0.25) is 0 Å². The minimum absolute atomic E-state index is 0.0371. The normalized spacial score (nSPS) is 17.5. The van der Waals surface area contributed by atoms with Crippen molar-refractivity contribution in [2.45, 2.75) is 32.9 Å². The van der Waals surface area contributed by atoms with Gasteiger partial charge in [0.2, 0.25) is 0 Å². The average Bonchev–Trinajstić information content (AvgIpc) is 3.42. The van der Waals surface area contributed by atoms with E-state index in [-0.39, 0.29) is 17.7 Å². The molecule has 0 radical (unpaired) electrons. The molecule has 33 heavy (non-hydrogen) atoms. The quantitative estimate of drug-likeness (QED) is 0.307. The van der Waals surface area contributed by atoms with E-state index in [0.717, 1.165) is 12.5 Å². The molecule has 0 saturated carbocycles. The Labute approximate surface area is 190 Å². The fourth-order valence-electron chi connectivity index (χ4n) is 3.82. The number of hydrogen-bond donors (Lipinski definition) is 1. The molecule has 0 spiro atoms. The van der Waals surface area contributed by atoms with Crippen molar-refractivity contribution in [1.29, 1.82) is 0 Å². The topological polar surface area (TPSA) is 80.0 Å². The van der Waals surface area contributed by atoms with Gasteiger partial charge in [0.05, 0.1) is 31.0 Å². The van der Waals surface area contributed by atoms with Crippen LogP contribution in [0.4, 0.5) is 4.39 Å². The highest BCUT2D eigenvalue weighted by molar-refractivity contribution is 6.46. The van der Waals surface area contributed by atoms with Crippen molar-refractivity contribution in [1.82, 2.24) is 4.90 Å². The van der Waals surface area contributed by atoms with Gasteiger partial charge in [0, 0.05) is 5.56 Å². The van der Waals surface area contributed by atoms with E-state index in [2.05, 4.69) is 0 Å². The predicted octanol–water partition coefficient (Wildman–Crippen LogP) is 5.14. The summed E-state index contributed by atoms with van der Waals surface area (Å²) in [6.45, 7) is 4.21. The number of ketones is 1. The van der Waals surface area contributed by atoms with Gasteiger partial charge in [0.1, 0.15) is 23.1 Å². The number of furan rings is 1. The van der Waals surface area contributed by atoms with Gasteiger partial charge in [-0.05, 0) is 54.8 Å². The maximum absolute atomic E-state index is 14.2. The summed E-state index contributed by atoms with van der Waals surface area (Å²) in [5.41, 5.74) is 1.04. The second-order valence-electron chi connectivity index (χ2n) is 7.89. The molecule has 3 aromatic rings. The standard InChI is InChI=1S/C26H24FNO5/c1-3-12-32-19-10-8-17(9-11-19)23-22(24(29)18-7-6-16(2)21(27)14-18)25(30)26(31)28(23)15-20-5-4-13-33-20/h4-11,13-14,23,29H,3,12,15H2,1-2H3/t23-/m1/s1. The Balaban J connectivity index is 1.81. The summed E-state index contributed by atoms with van der Waals surface area (Å²) in [5.74, 6) is -1.40. The van der Waals surface area contributed by atoms with Crippen LogP contribution in [-0.4, -0.2) is 28.3 Å². The van der Waals surface area contributed by atoms with Crippen LogP contribution in [0.1, 0.15) is 41.8 Å². The highest BCUT2D eigenvalue weighted by Gasteiger charge is 2.46. The molecule has 6 nitrogen and oxygen atoms in total. The van der Waals surface area contributed by atoms with Crippen molar-refractivity contribution in [3.63, 3.8) is 0 Å². The van der Waals surface area contributed by atoms with Crippen molar-refractivity contribution in [2.24, 2.45) is 0 Å². The molecular formula is C26H24FNO5. The number of halogens is 1. The van der Waals surface area contributed by atoms with Gasteiger partial charge in [-0.2, -0.15) is 0 Å². The van der Waals surface area contributed by atoms with Gasteiger partial charge in [-0.25, -0.2) is 4.39 Å². The molecule has 1 N–H and O–H groups in total. The van der Waals surface area contributed by atoms with Crippen molar-refractivity contribution in [3.05, 3.63) is 94.7 Å². The number of carbonyl (C=O) groups excluding carboxylic acids is 2. The number of aliphatic hydroxyl groups excluding tert-OH is 1. The summed E-state index contributed by atoms with van der Waals surface area (Å²) in [5, 5.41) is 11.0. The van der Waals surface area contributed by atoms with Crippen molar-refractivity contribution in [2.75, 3.05) is 6.61 Å². The Morgan fingerprint density at radius 2 is 1.91 bits per heavy atom. The molecule has 0 unspecified atom stereocenters. The molecule has 4 rings (SSSR count). The largest absolute Gasteiger partial charge is 0.507 e. The van der Waals surface area contributed by atoms with Crippen LogP contribution in [0.25, 0.3) is 5.76 Å². The maximum Gasteiger partial charge on any atom is 0.296 e. The lowest BCUT2D eigenvalue weighted by molar-refractivity contribution is -0.140. The van der Waals surface area contributed by atoms with E-state index in [9.17, 15) is 19.1 Å². The van der Waals surface area contributed by atoms with Crippen LogP contribution >= 0.6 is 0 Å². The van der Waals surface area contributed by atoms with Crippen LogP contribution in [0, 0.1) is 12.7 Å². The first kappa shape index (κ1) is 22.3. The summed E-state index contributed by atoms with van der Waals surface area (Å²) in [6.07, 6.45) is 2.34. The van der Waals surface area contributed by atoms with E-state index < -0.39 is 29.3 Å². The van der Waals surface area contributed by atoms with E-state index in [0.29, 0.717) is 29.2 Å². The number of aliphatic hydroxyl groups is 1. The van der Waals surface area contributed by atoms with Gasteiger partial charge in [-0.1, -0.05) is 31.2 Å². The van der Waals surface area contributed by atoms with Gasteiger partial charge < -0.3 is 19.2 Å². The molecule has 1 aliphatic heterocycles. The first-order valence-corrected chi connectivity index (χ1v) is 10.7. The first-order chi connectivity index (χ1) is 15.9. The third-order valence-electron chi connectivity index (χ3n) is 5.56. The summed E-state index contributed by atoms with van der Waals surface area (Å²) < 4.78 is 25.2. The maximum atomic E-state index is 14.2. The molecule has 1 saturated heterocycles.